The minimum absolute atomic E-state index is 0.0442. The summed E-state index contributed by atoms with van der Waals surface area (Å²) in [6.07, 6.45) is 3.35. The van der Waals surface area contributed by atoms with Crippen molar-refractivity contribution >= 4 is 28.3 Å². The number of rotatable bonds is 7. The predicted molar refractivity (Wildman–Crippen MR) is 120 cm³/mol. The van der Waals surface area contributed by atoms with E-state index in [1.807, 2.05) is 77.4 Å². The van der Waals surface area contributed by atoms with Crippen molar-refractivity contribution in [3.63, 3.8) is 0 Å². The van der Waals surface area contributed by atoms with Gasteiger partial charge in [-0.1, -0.05) is 54.2 Å². The summed E-state index contributed by atoms with van der Waals surface area (Å²) in [5.74, 6) is 1.72. The summed E-state index contributed by atoms with van der Waals surface area (Å²) in [5.41, 5.74) is 1.41. The Bertz CT molecular complexity index is 1330. The molecule has 0 N–H and O–H groups in total. The van der Waals surface area contributed by atoms with Crippen LogP contribution in [-0.2, 0) is 6.54 Å². The van der Waals surface area contributed by atoms with Crippen molar-refractivity contribution < 1.29 is 9.21 Å². The molecule has 31 heavy (non-hydrogen) atoms. The SMILES string of the molecule is O=C(CSc1nnc(-c2ccccn2)n1Cc1ccco1)c1ccc2ccccc2c1. The highest BCUT2D eigenvalue weighted by Crippen LogP contribution is 2.25. The first kappa shape index (κ1) is 19.3. The van der Waals surface area contributed by atoms with Crippen LogP contribution >= 0.6 is 11.8 Å². The quantitative estimate of drug-likeness (QED) is 0.266. The first-order valence-electron chi connectivity index (χ1n) is 9.80. The lowest BCUT2D eigenvalue weighted by atomic mass is 10.1. The smallest absolute Gasteiger partial charge is 0.192 e. The molecule has 0 radical (unpaired) electrons. The fraction of sp³-hybridized carbons (Fsp3) is 0.0833. The number of carbonyl (C=O) groups excluding carboxylic acids is 1. The molecule has 0 saturated carbocycles. The van der Waals surface area contributed by atoms with E-state index in [0.29, 0.717) is 28.8 Å². The number of carbonyl (C=O) groups is 1. The largest absolute Gasteiger partial charge is 0.467 e. The molecule has 0 spiro atoms. The third-order valence-corrected chi connectivity index (χ3v) is 5.88. The van der Waals surface area contributed by atoms with Gasteiger partial charge in [0, 0.05) is 11.8 Å². The number of hydrogen-bond donors (Lipinski definition) is 0. The number of fused-ring (bicyclic) bond motifs is 1. The van der Waals surface area contributed by atoms with Crippen molar-refractivity contribution in [3.8, 4) is 11.5 Å². The summed E-state index contributed by atoms with van der Waals surface area (Å²) in [4.78, 5) is 17.3. The molecule has 0 amide bonds. The van der Waals surface area contributed by atoms with Crippen molar-refractivity contribution in [3.05, 3.63) is 96.6 Å². The highest BCUT2D eigenvalue weighted by atomic mass is 32.2. The maximum absolute atomic E-state index is 12.9. The second-order valence-corrected chi connectivity index (χ2v) is 7.90. The molecule has 2 aromatic carbocycles. The number of pyridine rings is 1. The number of hydrogen-bond acceptors (Lipinski definition) is 6. The number of aromatic nitrogens is 4. The van der Waals surface area contributed by atoms with E-state index < -0.39 is 0 Å². The van der Waals surface area contributed by atoms with Gasteiger partial charge in [0.2, 0.25) is 0 Å². The fourth-order valence-electron chi connectivity index (χ4n) is 3.36. The monoisotopic (exact) mass is 426 g/mol. The first-order chi connectivity index (χ1) is 15.3. The van der Waals surface area contributed by atoms with Gasteiger partial charge in [-0.15, -0.1) is 10.2 Å². The van der Waals surface area contributed by atoms with E-state index in [1.165, 1.54) is 11.8 Å². The lowest BCUT2D eigenvalue weighted by Gasteiger charge is -2.08. The number of Topliss-reactive ketones (excluding diaryl/α,β-unsaturated/α-hetero) is 1. The molecule has 5 rings (SSSR count). The van der Waals surface area contributed by atoms with Crippen molar-refractivity contribution in [2.45, 2.75) is 11.7 Å². The molecule has 0 bridgehead atoms. The number of ketones is 1. The van der Waals surface area contributed by atoms with Gasteiger partial charge < -0.3 is 4.42 Å². The van der Waals surface area contributed by atoms with Crippen molar-refractivity contribution in [2.75, 3.05) is 5.75 Å². The van der Waals surface area contributed by atoms with Crippen LogP contribution < -0.4 is 0 Å². The van der Waals surface area contributed by atoms with Crippen molar-refractivity contribution in [2.24, 2.45) is 0 Å². The highest BCUT2D eigenvalue weighted by molar-refractivity contribution is 7.99. The minimum Gasteiger partial charge on any atom is -0.467 e. The number of thioether (sulfide) groups is 1. The Morgan fingerprint density at radius 2 is 1.81 bits per heavy atom. The molecule has 0 saturated heterocycles. The van der Waals surface area contributed by atoms with E-state index in [1.54, 1.807) is 12.5 Å². The second kappa shape index (κ2) is 8.57. The standard InChI is InChI=1S/C24H18N4O2S/c29-22(19-11-10-17-6-1-2-7-18(17)14-19)16-31-24-27-26-23(21-9-3-4-12-25-21)28(24)15-20-8-5-13-30-20/h1-14H,15-16H2. The van der Waals surface area contributed by atoms with Gasteiger partial charge >= 0.3 is 0 Å². The van der Waals surface area contributed by atoms with E-state index in [0.717, 1.165) is 16.5 Å². The van der Waals surface area contributed by atoms with Gasteiger partial charge in [0.25, 0.3) is 0 Å². The van der Waals surface area contributed by atoms with Crippen LogP contribution in [0.4, 0.5) is 0 Å². The average molecular weight is 427 g/mol. The van der Waals surface area contributed by atoms with Crippen LogP contribution in [0.1, 0.15) is 16.1 Å². The number of benzene rings is 2. The van der Waals surface area contributed by atoms with E-state index in [2.05, 4.69) is 15.2 Å². The van der Waals surface area contributed by atoms with Crippen LogP contribution in [0.3, 0.4) is 0 Å². The second-order valence-electron chi connectivity index (χ2n) is 6.96. The summed E-state index contributed by atoms with van der Waals surface area (Å²) in [6, 6.07) is 23.2. The van der Waals surface area contributed by atoms with Gasteiger partial charge in [0.05, 0.1) is 18.6 Å². The molecule has 0 atom stereocenters. The normalized spacial score (nSPS) is 11.1. The van der Waals surface area contributed by atoms with Crippen molar-refractivity contribution in [1.82, 2.24) is 19.7 Å². The van der Waals surface area contributed by atoms with E-state index in [4.69, 9.17) is 4.42 Å². The van der Waals surface area contributed by atoms with Crippen LogP contribution in [-0.4, -0.2) is 31.3 Å². The Labute approximate surface area is 183 Å². The fourth-order valence-corrected chi connectivity index (χ4v) is 4.19. The topological polar surface area (TPSA) is 73.8 Å². The van der Waals surface area contributed by atoms with Crippen LogP contribution in [0, 0.1) is 0 Å². The maximum Gasteiger partial charge on any atom is 0.192 e. The Hall–Kier alpha value is -3.71. The van der Waals surface area contributed by atoms with Crippen LogP contribution in [0.25, 0.3) is 22.3 Å². The first-order valence-corrected chi connectivity index (χ1v) is 10.8. The van der Waals surface area contributed by atoms with Crippen LogP contribution in [0.15, 0.2) is 94.8 Å². The van der Waals surface area contributed by atoms with Gasteiger partial charge in [0.1, 0.15) is 11.5 Å². The predicted octanol–water partition coefficient (Wildman–Crippen LogP) is 5.11. The lowest BCUT2D eigenvalue weighted by molar-refractivity contribution is 0.102. The van der Waals surface area contributed by atoms with Gasteiger partial charge in [-0.3, -0.25) is 14.3 Å². The molecular formula is C24H18N4O2S. The molecule has 7 heteroatoms. The van der Waals surface area contributed by atoms with E-state index in [-0.39, 0.29) is 11.5 Å². The molecule has 0 aliphatic heterocycles. The third kappa shape index (κ3) is 4.13. The molecule has 6 nitrogen and oxygen atoms in total. The molecule has 0 aliphatic rings. The zero-order valence-corrected chi connectivity index (χ0v) is 17.3. The Morgan fingerprint density at radius 3 is 2.61 bits per heavy atom. The molecular weight excluding hydrogens is 408 g/mol. The van der Waals surface area contributed by atoms with Gasteiger partial charge in [0.15, 0.2) is 16.8 Å². The Morgan fingerprint density at radius 1 is 0.935 bits per heavy atom. The van der Waals surface area contributed by atoms with Crippen LogP contribution in [0.2, 0.25) is 0 Å². The average Bonchev–Trinajstić information content (AvgIpc) is 3.48. The molecule has 3 aromatic heterocycles. The van der Waals surface area contributed by atoms with Gasteiger partial charge in [-0.05, 0) is 41.1 Å². The Balaban J connectivity index is 1.40. The van der Waals surface area contributed by atoms with Gasteiger partial charge in [-0.25, -0.2) is 0 Å². The van der Waals surface area contributed by atoms with E-state index >= 15 is 0 Å². The summed E-state index contributed by atoms with van der Waals surface area (Å²) < 4.78 is 7.45. The van der Waals surface area contributed by atoms with Crippen LogP contribution in [0.5, 0.6) is 0 Å². The summed E-state index contributed by atoms with van der Waals surface area (Å²) in [6.45, 7) is 0.457. The zero-order chi connectivity index (χ0) is 21.0. The molecule has 0 aliphatic carbocycles. The molecule has 152 valence electrons. The zero-order valence-electron chi connectivity index (χ0n) is 16.5. The summed E-state index contributed by atoms with van der Waals surface area (Å²) in [5, 5.41) is 11.5. The van der Waals surface area contributed by atoms with Crippen molar-refractivity contribution in [1.29, 1.82) is 0 Å². The van der Waals surface area contributed by atoms with Gasteiger partial charge in [-0.2, -0.15) is 0 Å². The lowest BCUT2D eigenvalue weighted by Crippen LogP contribution is -2.07. The molecule has 0 fully saturated rings. The van der Waals surface area contributed by atoms with E-state index in [9.17, 15) is 4.79 Å². The minimum atomic E-state index is 0.0442. The number of furan rings is 1. The highest BCUT2D eigenvalue weighted by Gasteiger charge is 2.18. The molecule has 0 unspecified atom stereocenters. The number of nitrogens with zero attached hydrogens (tertiary/aromatic N) is 4. The summed E-state index contributed by atoms with van der Waals surface area (Å²) >= 11 is 1.36. The molecule has 5 aromatic rings. The Kier molecular flexibility index (Phi) is 5.33. The third-order valence-electron chi connectivity index (χ3n) is 4.91. The maximum atomic E-state index is 12.9. The molecule has 3 heterocycles. The summed E-state index contributed by atoms with van der Waals surface area (Å²) in [7, 11) is 0.